The molecule has 2 aliphatic heterocycles. The molecular formula is C16H31N3O. The second-order valence-corrected chi connectivity index (χ2v) is 6.26. The second kappa shape index (κ2) is 9.35. The molecule has 20 heavy (non-hydrogen) atoms. The zero-order chi connectivity index (χ0) is 14.0. The number of carbonyl (C=O) groups excluding carboxylic acids is 1. The first-order chi connectivity index (χ1) is 9.86. The number of likely N-dealkylation sites (tertiary alicyclic amines) is 1. The molecule has 1 amide bonds. The number of carbonyl (C=O) groups is 1. The van der Waals surface area contributed by atoms with Crippen LogP contribution in [0.1, 0.15) is 57.8 Å². The van der Waals surface area contributed by atoms with Crippen molar-refractivity contribution in [3.63, 3.8) is 0 Å². The van der Waals surface area contributed by atoms with Crippen LogP contribution in [-0.2, 0) is 4.79 Å². The Balaban J connectivity index is 1.43. The summed E-state index contributed by atoms with van der Waals surface area (Å²) in [6.07, 6.45) is 11.2. The van der Waals surface area contributed by atoms with Crippen molar-refractivity contribution in [3.8, 4) is 0 Å². The molecule has 1 atom stereocenters. The molecule has 0 bridgehead atoms. The van der Waals surface area contributed by atoms with Gasteiger partial charge < -0.3 is 15.5 Å². The van der Waals surface area contributed by atoms with Crippen LogP contribution in [0.5, 0.6) is 0 Å². The van der Waals surface area contributed by atoms with Crippen LogP contribution >= 0.6 is 0 Å². The molecule has 0 aliphatic carbocycles. The maximum atomic E-state index is 11.9. The van der Waals surface area contributed by atoms with Gasteiger partial charge >= 0.3 is 0 Å². The SMILES string of the molecule is O=C(NCCCCCN1CCCCC1)[C@H]1CCCCN1. The summed E-state index contributed by atoms with van der Waals surface area (Å²) < 4.78 is 0. The van der Waals surface area contributed by atoms with E-state index in [4.69, 9.17) is 0 Å². The summed E-state index contributed by atoms with van der Waals surface area (Å²) in [5.74, 6) is 0.209. The summed E-state index contributed by atoms with van der Waals surface area (Å²) in [5, 5.41) is 6.37. The summed E-state index contributed by atoms with van der Waals surface area (Å²) in [6.45, 7) is 5.68. The van der Waals surface area contributed by atoms with Crippen LogP contribution in [0.4, 0.5) is 0 Å². The molecule has 0 spiro atoms. The fraction of sp³-hybridized carbons (Fsp3) is 0.938. The van der Waals surface area contributed by atoms with Gasteiger partial charge in [0.05, 0.1) is 6.04 Å². The molecule has 0 unspecified atom stereocenters. The highest BCUT2D eigenvalue weighted by molar-refractivity contribution is 5.81. The molecule has 0 aromatic rings. The molecule has 2 fully saturated rings. The van der Waals surface area contributed by atoms with Gasteiger partial charge in [0.25, 0.3) is 0 Å². The van der Waals surface area contributed by atoms with E-state index in [0.717, 1.165) is 25.9 Å². The van der Waals surface area contributed by atoms with Crippen molar-refractivity contribution < 1.29 is 4.79 Å². The van der Waals surface area contributed by atoms with Gasteiger partial charge in [0.15, 0.2) is 0 Å². The van der Waals surface area contributed by atoms with E-state index in [1.165, 1.54) is 64.6 Å². The Bertz CT molecular complexity index is 271. The maximum Gasteiger partial charge on any atom is 0.237 e. The van der Waals surface area contributed by atoms with E-state index in [1.54, 1.807) is 0 Å². The molecule has 0 aromatic heterocycles. The van der Waals surface area contributed by atoms with Crippen LogP contribution < -0.4 is 10.6 Å². The minimum atomic E-state index is 0.0668. The molecule has 0 aromatic carbocycles. The molecule has 2 rings (SSSR count). The van der Waals surface area contributed by atoms with Gasteiger partial charge in [-0.1, -0.05) is 19.3 Å². The Morgan fingerprint density at radius 1 is 1.05 bits per heavy atom. The van der Waals surface area contributed by atoms with Crippen LogP contribution in [0.15, 0.2) is 0 Å². The van der Waals surface area contributed by atoms with Crippen molar-refractivity contribution >= 4 is 5.91 Å². The highest BCUT2D eigenvalue weighted by Crippen LogP contribution is 2.10. The Labute approximate surface area is 123 Å². The Morgan fingerprint density at radius 3 is 2.65 bits per heavy atom. The maximum absolute atomic E-state index is 11.9. The lowest BCUT2D eigenvalue weighted by Gasteiger charge is -2.26. The lowest BCUT2D eigenvalue weighted by Crippen LogP contribution is -2.46. The topological polar surface area (TPSA) is 44.4 Å². The minimum absolute atomic E-state index is 0.0668. The zero-order valence-corrected chi connectivity index (χ0v) is 12.8. The summed E-state index contributed by atoms with van der Waals surface area (Å²) in [7, 11) is 0. The molecule has 2 aliphatic rings. The smallest absolute Gasteiger partial charge is 0.237 e. The molecule has 2 saturated heterocycles. The molecule has 4 heteroatoms. The molecule has 0 radical (unpaired) electrons. The van der Waals surface area contributed by atoms with Crippen molar-refractivity contribution in [2.24, 2.45) is 0 Å². The largest absolute Gasteiger partial charge is 0.355 e. The van der Waals surface area contributed by atoms with Gasteiger partial charge in [-0.2, -0.15) is 0 Å². The monoisotopic (exact) mass is 281 g/mol. The lowest BCUT2D eigenvalue weighted by molar-refractivity contribution is -0.123. The van der Waals surface area contributed by atoms with Gasteiger partial charge in [0.1, 0.15) is 0 Å². The molecule has 2 heterocycles. The average Bonchev–Trinajstić information content (AvgIpc) is 2.52. The predicted octanol–water partition coefficient (Wildman–Crippen LogP) is 1.90. The number of hydrogen-bond donors (Lipinski definition) is 2. The summed E-state index contributed by atoms with van der Waals surface area (Å²) in [6, 6.07) is 0.0668. The third-order valence-corrected chi connectivity index (χ3v) is 4.53. The van der Waals surface area contributed by atoms with E-state index in [1.807, 2.05) is 0 Å². The quantitative estimate of drug-likeness (QED) is 0.701. The van der Waals surface area contributed by atoms with Crippen LogP contribution in [0.2, 0.25) is 0 Å². The van der Waals surface area contributed by atoms with Gasteiger partial charge in [-0.3, -0.25) is 4.79 Å². The van der Waals surface area contributed by atoms with Gasteiger partial charge in [-0.05, 0) is 64.7 Å². The van der Waals surface area contributed by atoms with E-state index in [9.17, 15) is 4.79 Å². The number of amides is 1. The minimum Gasteiger partial charge on any atom is -0.355 e. The summed E-state index contributed by atoms with van der Waals surface area (Å²) in [5.41, 5.74) is 0. The molecule has 116 valence electrons. The fourth-order valence-corrected chi connectivity index (χ4v) is 3.23. The highest BCUT2D eigenvalue weighted by Gasteiger charge is 2.19. The van der Waals surface area contributed by atoms with Crippen molar-refractivity contribution in [2.75, 3.05) is 32.7 Å². The van der Waals surface area contributed by atoms with Crippen LogP contribution in [0.25, 0.3) is 0 Å². The van der Waals surface area contributed by atoms with Gasteiger partial charge in [-0.25, -0.2) is 0 Å². The number of nitrogens with one attached hydrogen (secondary N) is 2. The Morgan fingerprint density at radius 2 is 1.90 bits per heavy atom. The molecule has 2 N–H and O–H groups in total. The standard InChI is InChI=1S/C16H31N3O/c20-16(15-9-3-5-10-17-15)18-11-4-1-6-12-19-13-7-2-8-14-19/h15,17H,1-14H2,(H,18,20)/t15-/m1/s1. The second-order valence-electron chi connectivity index (χ2n) is 6.26. The lowest BCUT2D eigenvalue weighted by atomic mass is 10.0. The van der Waals surface area contributed by atoms with Gasteiger partial charge in [-0.15, -0.1) is 0 Å². The predicted molar refractivity (Wildman–Crippen MR) is 82.8 cm³/mol. The fourth-order valence-electron chi connectivity index (χ4n) is 3.23. The molecule has 4 nitrogen and oxygen atoms in total. The number of nitrogens with zero attached hydrogens (tertiary/aromatic N) is 1. The Kier molecular flexibility index (Phi) is 7.37. The summed E-state index contributed by atoms with van der Waals surface area (Å²) >= 11 is 0. The molecular weight excluding hydrogens is 250 g/mol. The number of rotatable bonds is 7. The first-order valence-electron chi connectivity index (χ1n) is 8.60. The van der Waals surface area contributed by atoms with Crippen LogP contribution in [0, 0.1) is 0 Å². The van der Waals surface area contributed by atoms with Gasteiger partial charge in [0, 0.05) is 6.54 Å². The first-order valence-corrected chi connectivity index (χ1v) is 8.60. The number of hydrogen-bond acceptors (Lipinski definition) is 3. The first kappa shape index (κ1) is 15.8. The molecule has 0 saturated carbocycles. The third kappa shape index (κ3) is 5.80. The van der Waals surface area contributed by atoms with Crippen LogP contribution in [-0.4, -0.2) is 49.6 Å². The van der Waals surface area contributed by atoms with E-state index in [0.29, 0.717) is 0 Å². The zero-order valence-electron chi connectivity index (χ0n) is 12.8. The van der Waals surface area contributed by atoms with Gasteiger partial charge in [0.2, 0.25) is 5.91 Å². The van der Waals surface area contributed by atoms with Crippen molar-refractivity contribution in [1.82, 2.24) is 15.5 Å². The highest BCUT2D eigenvalue weighted by atomic mass is 16.2. The third-order valence-electron chi connectivity index (χ3n) is 4.53. The number of piperidine rings is 2. The van der Waals surface area contributed by atoms with Crippen molar-refractivity contribution in [3.05, 3.63) is 0 Å². The average molecular weight is 281 g/mol. The van der Waals surface area contributed by atoms with Crippen LogP contribution in [0.3, 0.4) is 0 Å². The van der Waals surface area contributed by atoms with E-state index in [2.05, 4.69) is 15.5 Å². The summed E-state index contributed by atoms with van der Waals surface area (Å²) in [4.78, 5) is 14.5. The van der Waals surface area contributed by atoms with E-state index < -0.39 is 0 Å². The van der Waals surface area contributed by atoms with E-state index in [-0.39, 0.29) is 11.9 Å². The van der Waals surface area contributed by atoms with Crippen molar-refractivity contribution in [1.29, 1.82) is 0 Å². The normalized spacial score (nSPS) is 24.5. The van der Waals surface area contributed by atoms with E-state index >= 15 is 0 Å². The Hall–Kier alpha value is -0.610. The number of unbranched alkanes of at least 4 members (excludes halogenated alkanes) is 2. The van der Waals surface area contributed by atoms with Crippen molar-refractivity contribution in [2.45, 2.75) is 63.8 Å².